The highest BCUT2D eigenvalue weighted by Crippen LogP contribution is 2.26. The molecule has 1 heterocycles. The van der Waals surface area contributed by atoms with Crippen LogP contribution in [-0.2, 0) is 20.6 Å². The fraction of sp³-hybridized carbons (Fsp3) is 0.231. The summed E-state index contributed by atoms with van der Waals surface area (Å²) in [7, 11) is 3.08. The Balaban J connectivity index is 2.30. The van der Waals surface area contributed by atoms with Gasteiger partial charge in [-0.1, -0.05) is 11.6 Å². The molecule has 0 spiro atoms. The molecule has 0 radical (unpaired) electrons. The highest BCUT2D eigenvalue weighted by molar-refractivity contribution is 9.10. The minimum Gasteiger partial charge on any atom is -0.379 e. The highest BCUT2D eigenvalue weighted by Gasteiger charge is 2.07. The molecule has 2 rings (SSSR count). The van der Waals surface area contributed by atoms with Crippen LogP contribution >= 0.6 is 27.5 Å². The number of anilines is 1. The molecule has 20 heavy (non-hydrogen) atoms. The summed E-state index contributed by atoms with van der Waals surface area (Å²) in [4.78, 5) is 23.4. The van der Waals surface area contributed by atoms with Crippen LogP contribution in [0.25, 0.3) is 0 Å². The average molecular weight is 359 g/mol. The van der Waals surface area contributed by atoms with E-state index in [1.165, 1.54) is 17.7 Å². The van der Waals surface area contributed by atoms with Crippen LogP contribution in [0.1, 0.15) is 5.69 Å². The van der Waals surface area contributed by atoms with E-state index in [9.17, 15) is 9.59 Å². The zero-order valence-corrected chi connectivity index (χ0v) is 13.3. The Morgan fingerprint density at radius 3 is 2.60 bits per heavy atom. The van der Waals surface area contributed by atoms with Crippen LogP contribution in [0.2, 0.25) is 5.02 Å². The molecule has 0 saturated carbocycles. The molecule has 0 unspecified atom stereocenters. The van der Waals surface area contributed by atoms with Crippen LogP contribution in [-0.4, -0.2) is 9.13 Å². The molecule has 106 valence electrons. The molecule has 5 nitrogen and oxygen atoms in total. The Morgan fingerprint density at radius 2 is 1.90 bits per heavy atom. The lowest BCUT2D eigenvalue weighted by molar-refractivity contribution is 0.655. The van der Waals surface area contributed by atoms with Gasteiger partial charge in [0.25, 0.3) is 5.56 Å². The van der Waals surface area contributed by atoms with E-state index < -0.39 is 0 Å². The summed E-state index contributed by atoms with van der Waals surface area (Å²) in [5, 5.41) is 3.75. The predicted molar refractivity (Wildman–Crippen MR) is 83.4 cm³/mol. The summed E-state index contributed by atoms with van der Waals surface area (Å²) in [6.45, 7) is 0.348. The summed E-state index contributed by atoms with van der Waals surface area (Å²) in [6.07, 6.45) is 0. The molecule has 0 atom stereocenters. The van der Waals surface area contributed by atoms with Crippen molar-refractivity contribution >= 4 is 33.2 Å². The third-order valence-electron chi connectivity index (χ3n) is 3.01. The van der Waals surface area contributed by atoms with Crippen molar-refractivity contribution in [2.45, 2.75) is 6.54 Å². The normalized spacial score (nSPS) is 10.6. The topological polar surface area (TPSA) is 56.0 Å². The summed E-state index contributed by atoms with van der Waals surface area (Å²) < 4.78 is 3.36. The summed E-state index contributed by atoms with van der Waals surface area (Å²) in [5.41, 5.74) is 0.727. The Morgan fingerprint density at radius 1 is 1.20 bits per heavy atom. The van der Waals surface area contributed by atoms with Gasteiger partial charge in [0.1, 0.15) is 0 Å². The van der Waals surface area contributed by atoms with Gasteiger partial charge in [-0.3, -0.25) is 13.9 Å². The Bertz CT molecular complexity index is 767. The molecule has 0 aliphatic heterocycles. The first-order valence-electron chi connectivity index (χ1n) is 5.85. The van der Waals surface area contributed by atoms with Crippen LogP contribution in [0, 0.1) is 0 Å². The molecule has 0 bridgehead atoms. The smallest absolute Gasteiger partial charge is 0.330 e. The van der Waals surface area contributed by atoms with Gasteiger partial charge in [-0.25, -0.2) is 4.79 Å². The SMILES string of the molecule is Cn1c(CNc2cc(Cl)ccc2Br)cc(=O)n(C)c1=O. The first-order chi connectivity index (χ1) is 9.40. The van der Waals surface area contributed by atoms with Crippen molar-refractivity contribution < 1.29 is 0 Å². The summed E-state index contributed by atoms with van der Waals surface area (Å²) >= 11 is 9.34. The second-order valence-corrected chi connectivity index (χ2v) is 5.64. The van der Waals surface area contributed by atoms with Gasteiger partial charge in [0.05, 0.1) is 12.2 Å². The van der Waals surface area contributed by atoms with Crippen LogP contribution < -0.4 is 16.6 Å². The monoisotopic (exact) mass is 357 g/mol. The molecule has 0 fully saturated rings. The average Bonchev–Trinajstić information content (AvgIpc) is 2.42. The summed E-state index contributed by atoms with van der Waals surface area (Å²) in [6, 6.07) is 6.80. The maximum absolute atomic E-state index is 11.8. The van der Waals surface area contributed by atoms with Gasteiger partial charge in [0.2, 0.25) is 0 Å². The molecule has 0 aliphatic carbocycles. The van der Waals surface area contributed by atoms with E-state index in [2.05, 4.69) is 21.2 Å². The van der Waals surface area contributed by atoms with Crippen molar-refractivity contribution in [3.05, 3.63) is 60.3 Å². The number of hydrogen-bond donors (Lipinski definition) is 1. The van der Waals surface area contributed by atoms with Gasteiger partial charge in [0, 0.05) is 35.4 Å². The maximum Gasteiger partial charge on any atom is 0.330 e. The molecule has 1 aromatic heterocycles. The van der Waals surface area contributed by atoms with E-state index in [1.807, 2.05) is 6.07 Å². The van der Waals surface area contributed by atoms with Gasteiger partial charge in [-0.2, -0.15) is 0 Å². The Labute approximate surface area is 128 Å². The molecule has 2 aromatic rings. The predicted octanol–water partition coefficient (Wildman–Crippen LogP) is 2.11. The first-order valence-corrected chi connectivity index (χ1v) is 7.02. The van der Waals surface area contributed by atoms with Gasteiger partial charge in [0.15, 0.2) is 0 Å². The molecule has 7 heteroatoms. The first kappa shape index (κ1) is 14.9. The van der Waals surface area contributed by atoms with Gasteiger partial charge >= 0.3 is 5.69 Å². The molecule has 0 amide bonds. The highest BCUT2D eigenvalue weighted by atomic mass is 79.9. The zero-order chi connectivity index (χ0) is 14.9. The van der Waals surface area contributed by atoms with E-state index in [0.29, 0.717) is 17.3 Å². The minimum atomic E-state index is -0.348. The largest absolute Gasteiger partial charge is 0.379 e. The molecule has 1 N–H and O–H groups in total. The second-order valence-electron chi connectivity index (χ2n) is 4.35. The van der Waals surface area contributed by atoms with Crippen molar-refractivity contribution in [3.63, 3.8) is 0 Å². The lowest BCUT2D eigenvalue weighted by atomic mass is 10.3. The fourth-order valence-corrected chi connectivity index (χ4v) is 2.33. The van der Waals surface area contributed by atoms with Gasteiger partial charge < -0.3 is 5.32 Å². The van der Waals surface area contributed by atoms with E-state index in [4.69, 9.17) is 11.6 Å². The van der Waals surface area contributed by atoms with Crippen molar-refractivity contribution in [2.75, 3.05) is 5.32 Å². The number of nitrogens with one attached hydrogen (secondary N) is 1. The lowest BCUT2D eigenvalue weighted by Crippen LogP contribution is -2.38. The van der Waals surface area contributed by atoms with Gasteiger partial charge in [-0.05, 0) is 34.1 Å². The number of rotatable bonds is 3. The third-order valence-corrected chi connectivity index (χ3v) is 3.94. The molecule has 0 saturated heterocycles. The van der Waals surface area contributed by atoms with Crippen molar-refractivity contribution in [1.82, 2.24) is 9.13 Å². The lowest BCUT2D eigenvalue weighted by Gasteiger charge is -2.12. The van der Waals surface area contributed by atoms with Crippen LogP contribution in [0.3, 0.4) is 0 Å². The van der Waals surface area contributed by atoms with E-state index >= 15 is 0 Å². The molecule has 0 aliphatic rings. The second kappa shape index (κ2) is 5.85. The molecular weight excluding hydrogens is 346 g/mol. The number of hydrogen-bond acceptors (Lipinski definition) is 3. The number of nitrogens with zero attached hydrogens (tertiary/aromatic N) is 2. The maximum atomic E-state index is 11.8. The zero-order valence-electron chi connectivity index (χ0n) is 11.0. The van der Waals surface area contributed by atoms with Crippen molar-refractivity contribution in [3.8, 4) is 0 Å². The van der Waals surface area contributed by atoms with Crippen LogP contribution in [0.15, 0.2) is 38.3 Å². The van der Waals surface area contributed by atoms with Crippen molar-refractivity contribution in [2.24, 2.45) is 14.1 Å². The molecular formula is C13H13BrClN3O2. The van der Waals surface area contributed by atoms with Crippen LogP contribution in [0.4, 0.5) is 5.69 Å². The Kier molecular flexibility index (Phi) is 4.35. The minimum absolute atomic E-state index is 0.324. The van der Waals surface area contributed by atoms with Gasteiger partial charge in [-0.15, -0.1) is 0 Å². The summed E-state index contributed by atoms with van der Waals surface area (Å²) in [5.74, 6) is 0. The quantitative estimate of drug-likeness (QED) is 0.914. The van der Waals surface area contributed by atoms with E-state index in [-0.39, 0.29) is 11.2 Å². The number of benzene rings is 1. The Hall–Kier alpha value is -1.53. The number of aromatic nitrogens is 2. The molecule has 1 aromatic carbocycles. The van der Waals surface area contributed by atoms with E-state index in [1.54, 1.807) is 19.2 Å². The van der Waals surface area contributed by atoms with Crippen molar-refractivity contribution in [1.29, 1.82) is 0 Å². The fourth-order valence-electron chi connectivity index (χ4n) is 1.77. The number of halogens is 2. The standard InChI is InChI=1S/C13H13BrClN3O2/c1-17-9(6-12(19)18(2)13(17)20)7-16-11-5-8(15)3-4-10(11)14/h3-6,16H,7H2,1-2H3. The van der Waals surface area contributed by atoms with E-state index in [0.717, 1.165) is 14.7 Å². The third kappa shape index (κ3) is 2.96. The van der Waals surface area contributed by atoms with Crippen LogP contribution in [0.5, 0.6) is 0 Å².